The number of carbonyl (C=O) groups excluding carboxylic acids is 1. The van der Waals surface area contributed by atoms with Crippen LogP contribution in [0, 0.1) is 0 Å². The molecule has 2 rings (SSSR count). The van der Waals surface area contributed by atoms with Gasteiger partial charge in [0.05, 0.1) is 11.1 Å². The van der Waals surface area contributed by atoms with Gasteiger partial charge in [-0.2, -0.15) is 5.10 Å². The molecule has 0 saturated carbocycles. The van der Waals surface area contributed by atoms with E-state index in [1.54, 1.807) is 0 Å². The van der Waals surface area contributed by atoms with Gasteiger partial charge in [0.15, 0.2) is 0 Å². The first-order valence-corrected chi connectivity index (χ1v) is 8.80. The fraction of sp³-hybridized carbons (Fsp3) is 0.125. The summed E-state index contributed by atoms with van der Waals surface area (Å²) in [5.74, 6) is 0. The summed E-state index contributed by atoms with van der Waals surface area (Å²) in [4.78, 5) is 13.7. The maximum atomic E-state index is 11.7. The van der Waals surface area contributed by atoms with Crippen LogP contribution in [-0.4, -0.2) is 34.8 Å². The number of hydrazone groups is 1. The monoisotopic (exact) mass is 361 g/mol. The Morgan fingerprint density at radius 1 is 1.08 bits per heavy atom. The minimum Gasteiger partial charge on any atom is -0.378 e. The minimum absolute atomic E-state index is 0.0300. The summed E-state index contributed by atoms with van der Waals surface area (Å²) in [7, 11) is 0.141. The number of primary sulfonamides is 1. The Kier molecular flexibility index (Phi) is 5.73. The Morgan fingerprint density at radius 2 is 1.68 bits per heavy atom. The summed E-state index contributed by atoms with van der Waals surface area (Å²) >= 11 is 0. The van der Waals surface area contributed by atoms with Gasteiger partial charge in [-0.05, 0) is 42.0 Å². The van der Waals surface area contributed by atoms with E-state index >= 15 is 0 Å². The second-order valence-electron chi connectivity index (χ2n) is 5.38. The Morgan fingerprint density at radius 3 is 2.20 bits per heavy atom. The number of nitrogens with zero attached hydrogens (tertiary/aromatic N) is 2. The largest absolute Gasteiger partial charge is 0.378 e. The fourth-order valence-electron chi connectivity index (χ4n) is 1.91. The summed E-state index contributed by atoms with van der Waals surface area (Å²) in [5, 5.41) is 11.4. The molecule has 0 unspecified atom stereocenters. The van der Waals surface area contributed by atoms with Crippen LogP contribution in [0.2, 0.25) is 0 Å². The van der Waals surface area contributed by atoms with Crippen LogP contribution in [0.3, 0.4) is 0 Å². The van der Waals surface area contributed by atoms with Gasteiger partial charge in [0, 0.05) is 25.5 Å². The van der Waals surface area contributed by atoms with E-state index in [2.05, 4.69) is 15.8 Å². The first-order chi connectivity index (χ1) is 11.8. The highest BCUT2D eigenvalue weighted by Gasteiger charge is 2.07. The maximum Gasteiger partial charge on any atom is 0.339 e. The summed E-state index contributed by atoms with van der Waals surface area (Å²) in [6.07, 6.45) is 1.52. The molecule has 0 aromatic heterocycles. The van der Waals surface area contributed by atoms with Gasteiger partial charge in [-0.25, -0.2) is 23.8 Å². The average molecular weight is 361 g/mol. The second-order valence-corrected chi connectivity index (χ2v) is 6.94. The van der Waals surface area contributed by atoms with Crippen LogP contribution in [0.5, 0.6) is 0 Å². The Hall–Kier alpha value is -2.91. The van der Waals surface area contributed by atoms with E-state index < -0.39 is 16.1 Å². The number of amides is 2. The smallest absolute Gasteiger partial charge is 0.339 e. The molecule has 2 aromatic rings. The lowest BCUT2D eigenvalue weighted by atomic mass is 10.2. The Bertz CT molecular complexity index is 860. The van der Waals surface area contributed by atoms with Gasteiger partial charge in [0.2, 0.25) is 10.0 Å². The molecule has 0 aliphatic rings. The lowest BCUT2D eigenvalue weighted by Gasteiger charge is -2.11. The number of hydrogen-bond acceptors (Lipinski definition) is 5. The van der Waals surface area contributed by atoms with E-state index in [0.29, 0.717) is 5.69 Å². The predicted molar refractivity (Wildman–Crippen MR) is 98.3 cm³/mol. The quantitative estimate of drug-likeness (QED) is 0.553. The van der Waals surface area contributed by atoms with Crippen molar-refractivity contribution in [2.24, 2.45) is 10.2 Å². The minimum atomic E-state index is -3.76. The van der Waals surface area contributed by atoms with Gasteiger partial charge in [0.1, 0.15) is 0 Å². The number of nitrogens with two attached hydrogens (primary N) is 1. The summed E-state index contributed by atoms with van der Waals surface area (Å²) in [6, 6.07) is 12.6. The van der Waals surface area contributed by atoms with Gasteiger partial charge in [-0.3, -0.25) is 0 Å². The molecule has 0 aliphatic heterocycles. The molecule has 9 heteroatoms. The third-order valence-corrected chi connectivity index (χ3v) is 4.16. The molecule has 2 amide bonds. The van der Waals surface area contributed by atoms with Crippen LogP contribution in [-0.2, 0) is 10.0 Å². The van der Waals surface area contributed by atoms with Crippen LogP contribution < -0.4 is 20.8 Å². The SMILES string of the molecule is CN(C)c1ccc(/C=N/NC(=O)Nc2ccc(S(N)(=O)=O)cc2)cc1. The van der Waals surface area contributed by atoms with Gasteiger partial charge in [-0.1, -0.05) is 12.1 Å². The van der Waals surface area contributed by atoms with Gasteiger partial charge in [0.25, 0.3) is 0 Å². The molecule has 132 valence electrons. The summed E-state index contributed by atoms with van der Waals surface area (Å²) in [5.41, 5.74) is 4.64. The third-order valence-electron chi connectivity index (χ3n) is 3.23. The predicted octanol–water partition coefficient (Wildman–Crippen LogP) is 1.56. The topological polar surface area (TPSA) is 117 Å². The van der Waals surface area contributed by atoms with Crippen molar-refractivity contribution in [3.05, 3.63) is 54.1 Å². The van der Waals surface area contributed by atoms with Crippen LogP contribution in [0.1, 0.15) is 5.56 Å². The number of rotatable bonds is 5. The van der Waals surface area contributed by atoms with Crippen LogP contribution in [0.25, 0.3) is 0 Å². The van der Waals surface area contributed by atoms with Crippen molar-refractivity contribution in [2.45, 2.75) is 4.90 Å². The number of anilines is 2. The first-order valence-electron chi connectivity index (χ1n) is 7.26. The van der Waals surface area contributed by atoms with Crippen LogP contribution in [0.15, 0.2) is 58.5 Å². The van der Waals surface area contributed by atoms with Crippen molar-refractivity contribution >= 4 is 33.6 Å². The normalized spacial score (nSPS) is 11.3. The highest BCUT2D eigenvalue weighted by molar-refractivity contribution is 7.89. The van der Waals surface area contributed by atoms with E-state index in [9.17, 15) is 13.2 Å². The maximum absolute atomic E-state index is 11.7. The molecule has 25 heavy (non-hydrogen) atoms. The van der Waals surface area contributed by atoms with Crippen LogP contribution in [0.4, 0.5) is 16.2 Å². The average Bonchev–Trinajstić information content (AvgIpc) is 2.55. The highest BCUT2D eigenvalue weighted by Crippen LogP contribution is 2.13. The van der Waals surface area contributed by atoms with Gasteiger partial charge < -0.3 is 10.2 Å². The standard InChI is InChI=1S/C16H19N5O3S/c1-21(2)14-7-3-12(4-8-14)11-18-20-16(22)19-13-5-9-15(10-6-13)25(17,23)24/h3-11H,1-2H3,(H2,17,23,24)(H2,19,20,22)/b18-11+. The number of nitrogens with one attached hydrogen (secondary N) is 2. The Balaban J connectivity index is 1.89. The van der Waals surface area contributed by atoms with Crippen LogP contribution >= 0.6 is 0 Å². The molecule has 0 bridgehead atoms. The highest BCUT2D eigenvalue weighted by atomic mass is 32.2. The van der Waals surface area contributed by atoms with Crippen molar-refractivity contribution in [1.82, 2.24) is 5.43 Å². The Labute approximate surface area is 146 Å². The molecule has 2 aromatic carbocycles. The van der Waals surface area contributed by atoms with Crippen molar-refractivity contribution in [3.63, 3.8) is 0 Å². The number of urea groups is 1. The molecule has 0 aliphatic carbocycles. The van der Waals surface area contributed by atoms with E-state index in [-0.39, 0.29) is 4.90 Å². The number of carbonyl (C=O) groups is 1. The number of hydrogen-bond donors (Lipinski definition) is 3. The second kappa shape index (κ2) is 7.77. The molecule has 0 spiro atoms. The number of benzene rings is 2. The van der Waals surface area contributed by atoms with Crippen molar-refractivity contribution in [2.75, 3.05) is 24.3 Å². The van der Waals surface area contributed by atoms with Crippen molar-refractivity contribution in [3.8, 4) is 0 Å². The molecule has 0 saturated heterocycles. The van der Waals surface area contributed by atoms with Crippen molar-refractivity contribution in [1.29, 1.82) is 0 Å². The van der Waals surface area contributed by atoms with E-state index in [1.165, 1.54) is 30.5 Å². The lowest BCUT2D eigenvalue weighted by Crippen LogP contribution is -2.24. The summed E-state index contributed by atoms with van der Waals surface area (Å²) in [6.45, 7) is 0. The molecular weight excluding hydrogens is 342 g/mol. The third kappa shape index (κ3) is 5.59. The van der Waals surface area contributed by atoms with E-state index in [0.717, 1.165) is 11.3 Å². The first kappa shape index (κ1) is 18.4. The zero-order valence-electron chi connectivity index (χ0n) is 13.8. The lowest BCUT2D eigenvalue weighted by molar-refractivity contribution is 0.252. The van der Waals surface area contributed by atoms with Gasteiger partial charge >= 0.3 is 6.03 Å². The molecule has 0 atom stereocenters. The van der Waals surface area contributed by atoms with Gasteiger partial charge in [-0.15, -0.1) is 0 Å². The molecular formula is C16H19N5O3S. The molecule has 0 fully saturated rings. The number of sulfonamides is 1. The molecule has 8 nitrogen and oxygen atoms in total. The molecule has 0 heterocycles. The summed E-state index contributed by atoms with van der Waals surface area (Å²) < 4.78 is 22.3. The van der Waals surface area contributed by atoms with E-state index in [1.807, 2.05) is 43.3 Å². The van der Waals surface area contributed by atoms with E-state index in [4.69, 9.17) is 5.14 Å². The molecule has 4 N–H and O–H groups in total. The zero-order valence-corrected chi connectivity index (χ0v) is 14.6. The molecule has 0 radical (unpaired) electrons. The zero-order chi connectivity index (χ0) is 18.4. The fourth-order valence-corrected chi connectivity index (χ4v) is 2.43. The van der Waals surface area contributed by atoms with Crippen molar-refractivity contribution < 1.29 is 13.2 Å².